The van der Waals surface area contributed by atoms with Gasteiger partial charge in [-0.25, -0.2) is 4.68 Å². The maximum atomic E-state index is 12.7. The predicted molar refractivity (Wildman–Crippen MR) is 105 cm³/mol. The van der Waals surface area contributed by atoms with Crippen LogP contribution in [0.15, 0.2) is 24.3 Å². The Labute approximate surface area is 161 Å². The van der Waals surface area contributed by atoms with Gasteiger partial charge in [-0.05, 0) is 30.9 Å². The Bertz CT molecular complexity index is 857. The lowest BCUT2D eigenvalue weighted by Crippen LogP contribution is -2.20. The number of hydrogen-bond donors (Lipinski definition) is 1. The molecule has 7 nitrogen and oxygen atoms in total. The largest absolute Gasteiger partial charge is 0.310 e. The molecule has 4 rings (SSSR count). The summed E-state index contributed by atoms with van der Waals surface area (Å²) in [5.41, 5.74) is 2.80. The molecule has 27 heavy (non-hydrogen) atoms. The van der Waals surface area contributed by atoms with Crippen LogP contribution in [-0.4, -0.2) is 20.6 Å². The molecule has 0 unspecified atom stereocenters. The summed E-state index contributed by atoms with van der Waals surface area (Å²) in [6.07, 6.45) is 6.50. The number of benzene rings is 1. The standard InChI is InChI=1S/C19H22N4O3S/c24-18(10-13-4-2-1-3-5-13)20-19-16-11-27-12-17(16)21-22(19)14-6-8-15(9-7-14)23(25)26/h6-9,13H,1-5,10-12H2,(H,20,24). The third kappa shape index (κ3) is 3.85. The molecule has 142 valence electrons. The molecule has 2 heterocycles. The topological polar surface area (TPSA) is 90.1 Å². The number of aromatic nitrogens is 2. The van der Waals surface area contributed by atoms with Crippen LogP contribution in [0.4, 0.5) is 11.5 Å². The van der Waals surface area contributed by atoms with Crippen LogP contribution in [0, 0.1) is 16.0 Å². The summed E-state index contributed by atoms with van der Waals surface area (Å²) in [6, 6.07) is 6.27. The van der Waals surface area contributed by atoms with Crippen molar-refractivity contribution < 1.29 is 9.72 Å². The molecule has 2 aromatic rings. The molecule has 0 bridgehead atoms. The van der Waals surface area contributed by atoms with Gasteiger partial charge in [0.2, 0.25) is 5.91 Å². The first-order chi connectivity index (χ1) is 13.1. The van der Waals surface area contributed by atoms with Crippen molar-refractivity contribution in [3.05, 3.63) is 45.6 Å². The molecule has 0 radical (unpaired) electrons. The molecule has 1 aromatic carbocycles. The minimum Gasteiger partial charge on any atom is -0.310 e. The number of nitro benzene ring substituents is 1. The van der Waals surface area contributed by atoms with Gasteiger partial charge in [0, 0.05) is 35.6 Å². The van der Waals surface area contributed by atoms with Crippen molar-refractivity contribution in [2.45, 2.75) is 50.0 Å². The number of rotatable bonds is 5. The van der Waals surface area contributed by atoms with Gasteiger partial charge in [-0.2, -0.15) is 16.9 Å². The van der Waals surface area contributed by atoms with Gasteiger partial charge in [0.05, 0.1) is 16.3 Å². The number of carbonyl (C=O) groups is 1. The number of hydrogen-bond acceptors (Lipinski definition) is 5. The molecule has 1 aliphatic carbocycles. The van der Waals surface area contributed by atoms with Crippen molar-refractivity contribution in [1.82, 2.24) is 9.78 Å². The van der Waals surface area contributed by atoms with E-state index >= 15 is 0 Å². The van der Waals surface area contributed by atoms with E-state index in [1.807, 2.05) is 0 Å². The monoisotopic (exact) mass is 386 g/mol. The molecule has 2 aliphatic rings. The van der Waals surface area contributed by atoms with Crippen LogP contribution in [0.3, 0.4) is 0 Å². The maximum absolute atomic E-state index is 12.7. The number of nitrogens with one attached hydrogen (secondary N) is 1. The van der Waals surface area contributed by atoms with E-state index in [1.54, 1.807) is 28.6 Å². The van der Waals surface area contributed by atoms with E-state index in [1.165, 1.54) is 31.4 Å². The summed E-state index contributed by atoms with van der Waals surface area (Å²) < 4.78 is 1.72. The molecule has 1 aromatic heterocycles. The van der Waals surface area contributed by atoms with E-state index in [4.69, 9.17) is 0 Å². The van der Waals surface area contributed by atoms with Crippen LogP contribution < -0.4 is 5.32 Å². The lowest BCUT2D eigenvalue weighted by Gasteiger charge is -2.21. The molecule has 1 fully saturated rings. The second-order valence-corrected chi connectivity index (χ2v) is 8.19. The first-order valence-corrected chi connectivity index (χ1v) is 10.5. The second-order valence-electron chi connectivity index (χ2n) is 7.21. The van der Waals surface area contributed by atoms with Gasteiger partial charge in [0.1, 0.15) is 5.82 Å². The normalized spacial score (nSPS) is 16.9. The lowest BCUT2D eigenvalue weighted by molar-refractivity contribution is -0.384. The summed E-state index contributed by atoms with van der Waals surface area (Å²) in [5, 5.41) is 18.6. The van der Waals surface area contributed by atoms with Crippen LogP contribution in [0.5, 0.6) is 0 Å². The zero-order valence-electron chi connectivity index (χ0n) is 15.0. The highest BCUT2D eigenvalue weighted by atomic mass is 32.2. The molecule has 0 atom stereocenters. The Kier molecular flexibility index (Phi) is 5.15. The summed E-state index contributed by atoms with van der Waals surface area (Å²) >= 11 is 1.78. The smallest absolute Gasteiger partial charge is 0.269 e. The second kappa shape index (κ2) is 7.72. The van der Waals surface area contributed by atoms with Crippen LogP contribution >= 0.6 is 11.8 Å². The van der Waals surface area contributed by atoms with Crippen LogP contribution in [0.1, 0.15) is 49.8 Å². The number of thioether (sulfide) groups is 1. The highest BCUT2D eigenvalue weighted by Gasteiger charge is 2.26. The molecule has 0 spiro atoms. The Morgan fingerprint density at radius 1 is 1.22 bits per heavy atom. The number of carbonyl (C=O) groups excluding carboxylic acids is 1. The minimum absolute atomic E-state index is 0.0321. The van der Waals surface area contributed by atoms with E-state index in [-0.39, 0.29) is 11.6 Å². The van der Waals surface area contributed by atoms with Gasteiger partial charge in [-0.3, -0.25) is 14.9 Å². The van der Waals surface area contributed by atoms with Crippen LogP contribution in [0.25, 0.3) is 5.69 Å². The average Bonchev–Trinajstić information content (AvgIpc) is 3.25. The first-order valence-electron chi connectivity index (χ1n) is 9.35. The summed E-state index contributed by atoms with van der Waals surface area (Å²) in [6.45, 7) is 0. The van der Waals surface area contributed by atoms with Crippen molar-refractivity contribution >= 4 is 29.2 Å². The zero-order valence-corrected chi connectivity index (χ0v) is 15.8. The van der Waals surface area contributed by atoms with E-state index in [9.17, 15) is 14.9 Å². The highest BCUT2D eigenvalue weighted by molar-refractivity contribution is 7.98. The van der Waals surface area contributed by atoms with Crippen molar-refractivity contribution in [1.29, 1.82) is 0 Å². The van der Waals surface area contributed by atoms with Crippen LogP contribution in [0.2, 0.25) is 0 Å². The van der Waals surface area contributed by atoms with E-state index in [2.05, 4.69) is 10.4 Å². The Morgan fingerprint density at radius 3 is 2.67 bits per heavy atom. The number of non-ortho nitro benzene ring substituents is 1. The fraction of sp³-hybridized carbons (Fsp3) is 0.474. The van der Waals surface area contributed by atoms with Gasteiger partial charge >= 0.3 is 0 Å². The van der Waals surface area contributed by atoms with E-state index in [0.29, 0.717) is 23.8 Å². The summed E-state index contributed by atoms with van der Waals surface area (Å²) in [7, 11) is 0. The van der Waals surface area contributed by atoms with Gasteiger partial charge in [0.25, 0.3) is 5.69 Å². The van der Waals surface area contributed by atoms with Crippen LogP contribution in [-0.2, 0) is 16.3 Å². The van der Waals surface area contributed by atoms with Crippen molar-refractivity contribution in [2.24, 2.45) is 5.92 Å². The molecular weight excluding hydrogens is 364 g/mol. The third-order valence-electron chi connectivity index (χ3n) is 5.31. The van der Waals surface area contributed by atoms with Crippen molar-refractivity contribution in [3.8, 4) is 5.69 Å². The maximum Gasteiger partial charge on any atom is 0.269 e. The van der Waals surface area contributed by atoms with E-state index < -0.39 is 4.92 Å². The Hall–Kier alpha value is -2.35. The highest BCUT2D eigenvalue weighted by Crippen LogP contribution is 2.36. The number of amides is 1. The number of anilines is 1. The fourth-order valence-corrected chi connectivity index (χ4v) is 4.92. The molecular formula is C19H22N4O3S. The molecule has 8 heteroatoms. The van der Waals surface area contributed by atoms with E-state index in [0.717, 1.165) is 35.6 Å². The quantitative estimate of drug-likeness (QED) is 0.606. The Balaban J connectivity index is 1.57. The fourth-order valence-electron chi connectivity index (χ4n) is 3.88. The molecule has 1 saturated carbocycles. The van der Waals surface area contributed by atoms with Gasteiger partial charge < -0.3 is 5.32 Å². The van der Waals surface area contributed by atoms with Gasteiger partial charge in [-0.15, -0.1) is 0 Å². The Morgan fingerprint density at radius 2 is 1.96 bits per heavy atom. The summed E-state index contributed by atoms with van der Waals surface area (Å²) in [4.78, 5) is 23.1. The molecule has 0 saturated heterocycles. The lowest BCUT2D eigenvalue weighted by atomic mass is 9.87. The van der Waals surface area contributed by atoms with Crippen molar-refractivity contribution in [2.75, 3.05) is 5.32 Å². The minimum atomic E-state index is -0.420. The molecule has 1 amide bonds. The van der Waals surface area contributed by atoms with Gasteiger partial charge in [-0.1, -0.05) is 19.3 Å². The van der Waals surface area contributed by atoms with Crippen molar-refractivity contribution in [3.63, 3.8) is 0 Å². The molecule has 1 N–H and O–H groups in total. The van der Waals surface area contributed by atoms with Gasteiger partial charge in [0.15, 0.2) is 0 Å². The zero-order chi connectivity index (χ0) is 18.8. The number of nitro groups is 1. The first kappa shape index (κ1) is 18.0. The average molecular weight is 386 g/mol. The third-order valence-corrected chi connectivity index (χ3v) is 6.28. The SMILES string of the molecule is O=C(CC1CCCCC1)Nc1c2c(nn1-c1ccc([N+](=O)[O-])cc1)CSC2. The predicted octanol–water partition coefficient (Wildman–Crippen LogP) is 4.44. The molecule has 1 aliphatic heterocycles. The number of fused-ring (bicyclic) bond motifs is 1. The summed E-state index contributed by atoms with van der Waals surface area (Å²) in [5.74, 6) is 2.86. The number of nitrogens with zero attached hydrogens (tertiary/aromatic N) is 3.